The summed E-state index contributed by atoms with van der Waals surface area (Å²) in [6.07, 6.45) is -0.380. The first-order valence-corrected chi connectivity index (χ1v) is 7.30. The number of ether oxygens (including phenoxy) is 1. The zero-order valence-electron chi connectivity index (χ0n) is 13.4. The van der Waals surface area contributed by atoms with Crippen molar-refractivity contribution in [1.82, 2.24) is 4.57 Å². The van der Waals surface area contributed by atoms with Crippen molar-refractivity contribution in [3.63, 3.8) is 0 Å². The molecule has 2 N–H and O–H groups in total. The SMILES string of the molecule is CC(C)C(N)c1cc2ccccc2n1C(=O)OC(C)(C)C. The van der Waals surface area contributed by atoms with Gasteiger partial charge in [0.2, 0.25) is 0 Å². The van der Waals surface area contributed by atoms with E-state index in [1.807, 2.05) is 65.0 Å². The minimum atomic E-state index is -0.540. The van der Waals surface area contributed by atoms with Crippen molar-refractivity contribution in [3.05, 3.63) is 36.0 Å². The molecule has 0 amide bonds. The highest BCUT2D eigenvalue weighted by Gasteiger charge is 2.25. The number of nitrogens with two attached hydrogens (primary N) is 1. The van der Waals surface area contributed by atoms with Crippen molar-refractivity contribution >= 4 is 17.0 Å². The molecule has 0 aliphatic carbocycles. The normalized spacial score (nSPS) is 13.7. The van der Waals surface area contributed by atoms with Crippen LogP contribution in [0.25, 0.3) is 10.9 Å². The van der Waals surface area contributed by atoms with E-state index in [4.69, 9.17) is 10.5 Å². The van der Waals surface area contributed by atoms with Crippen molar-refractivity contribution < 1.29 is 9.53 Å². The third-order valence-corrected chi connectivity index (χ3v) is 3.38. The molecule has 1 aromatic heterocycles. The minimum absolute atomic E-state index is 0.218. The van der Waals surface area contributed by atoms with Crippen LogP contribution in [0, 0.1) is 5.92 Å². The van der Waals surface area contributed by atoms with E-state index in [2.05, 4.69) is 0 Å². The number of nitrogens with zero attached hydrogens (tertiary/aromatic N) is 1. The molecule has 0 aliphatic heterocycles. The number of carbonyl (C=O) groups excluding carboxylic acids is 1. The van der Waals surface area contributed by atoms with E-state index in [0.29, 0.717) is 0 Å². The number of rotatable bonds is 2. The van der Waals surface area contributed by atoms with Crippen molar-refractivity contribution in [2.24, 2.45) is 11.7 Å². The summed E-state index contributed by atoms with van der Waals surface area (Å²) in [5.74, 6) is 0.232. The molecule has 2 rings (SSSR count). The average molecular weight is 288 g/mol. The Hall–Kier alpha value is -1.81. The molecule has 114 valence electrons. The van der Waals surface area contributed by atoms with Crippen LogP contribution in [-0.2, 0) is 4.74 Å². The molecule has 0 spiro atoms. The molecule has 2 aromatic rings. The molecule has 1 aromatic carbocycles. The van der Waals surface area contributed by atoms with Gasteiger partial charge in [-0.15, -0.1) is 0 Å². The van der Waals surface area contributed by atoms with E-state index in [1.54, 1.807) is 4.57 Å². The van der Waals surface area contributed by atoms with Gasteiger partial charge in [-0.1, -0.05) is 32.0 Å². The fourth-order valence-corrected chi connectivity index (χ4v) is 2.27. The van der Waals surface area contributed by atoms with Gasteiger partial charge in [0.05, 0.1) is 5.52 Å². The first-order valence-electron chi connectivity index (χ1n) is 7.30. The number of benzene rings is 1. The second kappa shape index (κ2) is 5.53. The Morgan fingerprint density at radius 1 is 1.24 bits per heavy atom. The first kappa shape index (κ1) is 15.6. The van der Waals surface area contributed by atoms with E-state index < -0.39 is 5.60 Å². The third-order valence-electron chi connectivity index (χ3n) is 3.38. The number of fused-ring (bicyclic) bond motifs is 1. The summed E-state index contributed by atoms with van der Waals surface area (Å²) < 4.78 is 7.13. The van der Waals surface area contributed by atoms with Crippen LogP contribution in [0.15, 0.2) is 30.3 Å². The monoisotopic (exact) mass is 288 g/mol. The molecule has 0 saturated heterocycles. The minimum Gasteiger partial charge on any atom is -0.443 e. The van der Waals surface area contributed by atoms with Gasteiger partial charge in [-0.2, -0.15) is 0 Å². The molecule has 0 fully saturated rings. The van der Waals surface area contributed by atoms with Gasteiger partial charge in [0.1, 0.15) is 5.60 Å². The van der Waals surface area contributed by atoms with Crippen molar-refractivity contribution in [2.75, 3.05) is 0 Å². The Kier molecular flexibility index (Phi) is 4.10. The molecule has 0 bridgehead atoms. The van der Waals surface area contributed by atoms with Gasteiger partial charge in [-0.3, -0.25) is 0 Å². The van der Waals surface area contributed by atoms with Gasteiger partial charge in [0, 0.05) is 17.1 Å². The summed E-state index contributed by atoms with van der Waals surface area (Å²) in [6, 6.07) is 9.51. The first-order chi connectivity index (χ1) is 9.70. The topological polar surface area (TPSA) is 57.2 Å². The quantitative estimate of drug-likeness (QED) is 0.905. The molecule has 4 nitrogen and oxygen atoms in total. The summed E-state index contributed by atoms with van der Waals surface area (Å²) >= 11 is 0. The lowest BCUT2D eigenvalue weighted by Gasteiger charge is -2.23. The number of hydrogen-bond acceptors (Lipinski definition) is 3. The molecular weight excluding hydrogens is 264 g/mol. The van der Waals surface area contributed by atoms with Gasteiger partial charge in [0.15, 0.2) is 0 Å². The predicted octanol–water partition coefficient (Wildman–Crippen LogP) is 4.08. The highest BCUT2D eigenvalue weighted by molar-refractivity contribution is 5.91. The van der Waals surface area contributed by atoms with E-state index in [9.17, 15) is 4.79 Å². The largest absolute Gasteiger partial charge is 0.443 e. The van der Waals surface area contributed by atoms with Crippen LogP contribution in [-0.4, -0.2) is 16.3 Å². The Bertz CT molecular complexity index is 650. The van der Waals surface area contributed by atoms with Gasteiger partial charge >= 0.3 is 6.09 Å². The van der Waals surface area contributed by atoms with Crippen LogP contribution in [0.1, 0.15) is 46.4 Å². The molecule has 21 heavy (non-hydrogen) atoms. The highest BCUT2D eigenvalue weighted by Crippen LogP contribution is 2.28. The lowest BCUT2D eigenvalue weighted by molar-refractivity contribution is 0.0537. The standard InChI is InChI=1S/C17H24N2O2/c1-11(2)15(18)14-10-12-8-6-7-9-13(12)19(14)16(20)21-17(3,4)5/h6-11,15H,18H2,1-5H3. The fraction of sp³-hybridized carbons (Fsp3) is 0.471. The van der Waals surface area contributed by atoms with Crippen LogP contribution < -0.4 is 5.73 Å². The summed E-state index contributed by atoms with van der Waals surface area (Å²) in [7, 11) is 0. The molecule has 1 atom stereocenters. The van der Waals surface area contributed by atoms with Gasteiger partial charge < -0.3 is 10.5 Å². The lowest BCUT2D eigenvalue weighted by Crippen LogP contribution is -2.30. The van der Waals surface area contributed by atoms with E-state index >= 15 is 0 Å². The van der Waals surface area contributed by atoms with E-state index in [-0.39, 0.29) is 18.1 Å². The summed E-state index contributed by atoms with van der Waals surface area (Å²) in [4.78, 5) is 12.6. The predicted molar refractivity (Wildman–Crippen MR) is 85.3 cm³/mol. The zero-order chi connectivity index (χ0) is 15.8. The number of para-hydroxylation sites is 1. The number of hydrogen-bond donors (Lipinski definition) is 1. The summed E-state index contributed by atoms with van der Waals surface area (Å²) in [6.45, 7) is 9.67. The van der Waals surface area contributed by atoms with Crippen molar-refractivity contribution in [1.29, 1.82) is 0 Å². The van der Waals surface area contributed by atoms with Gasteiger partial charge in [0.25, 0.3) is 0 Å². The van der Waals surface area contributed by atoms with Gasteiger partial charge in [-0.05, 0) is 38.8 Å². The molecule has 1 heterocycles. The molecule has 0 aliphatic rings. The molecule has 1 unspecified atom stereocenters. The summed E-state index contributed by atoms with van der Waals surface area (Å²) in [5, 5.41) is 0.995. The second-order valence-electron chi connectivity index (χ2n) is 6.71. The Morgan fingerprint density at radius 3 is 2.43 bits per heavy atom. The Morgan fingerprint density at radius 2 is 1.86 bits per heavy atom. The van der Waals surface area contributed by atoms with Crippen LogP contribution in [0.5, 0.6) is 0 Å². The Balaban J connectivity index is 2.58. The van der Waals surface area contributed by atoms with Crippen LogP contribution >= 0.6 is 0 Å². The van der Waals surface area contributed by atoms with Crippen LogP contribution in [0.3, 0.4) is 0 Å². The molecule has 0 radical (unpaired) electrons. The third kappa shape index (κ3) is 3.27. The second-order valence-corrected chi connectivity index (χ2v) is 6.71. The maximum atomic E-state index is 12.6. The van der Waals surface area contributed by atoms with Crippen LogP contribution in [0.4, 0.5) is 4.79 Å². The summed E-state index contributed by atoms with van der Waals surface area (Å²) in [5.41, 5.74) is 7.36. The number of aromatic nitrogens is 1. The molecule has 0 saturated carbocycles. The molecule has 4 heteroatoms. The van der Waals surface area contributed by atoms with E-state index in [1.165, 1.54) is 0 Å². The van der Waals surface area contributed by atoms with Crippen molar-refractivity contribution in [2.45, 2.75) is 46.3 Å². The van der Waals surface area contributed by atoms with Crippen LogP contribution in [0.2, 0.25) is 0 Å². The van der Waals surface area contributed by atoms with Gasteiger partial charge in [-0.25, -0.2) is 9.36 Å². The lowest BCUT2D eigenvalue weighted by atomic mass is 10.0. The highest BCUT2D eigenvalue weighted by atomic mass is 16.6. The van der Waals surface area contributed by atoms with Crippen molar-refractivity contribution in [3.8, 4) is 0 Å². The number of carbonyl (C=O) groups is 1. The maximum absolute atomic E-state index is 12.6. The molecular formula is C17H24N2O2. The smallest absolute Gasteiger partial charge is 0.419 e. The average Bonchev–Trinajstić information content (AvgIpc) is 2.74. The Labute approximate surface area is 125 Å². The zero-order valence-corrected chi connectivity index (χ0v) is 13.4. The fourth-order valence-electron chi connectivity index (χ4n) is 2.27. The van der Waals surface area contributed by atoms with E-state index in [0.717, 1.165) is 16.6 Å². The maximum Gasteiger partial charge on any atom is 0.419 e.